The summed E-state index contributed by atoms with van der Waals surface area (Å²) in [5.74, 6) is -0.670. The van der Waals surface area contributed by atoms with E-state index >= 15 is 0 Å². The van der Waals surface area contributed by atoms with Crippen LogP contribution in [0.15, 0.2) is 54.6 Å². The minimum atomic E-state index is -0.672. The standard InChI is InChI=1S/C25H32N2O5/c1-4-5-15-31-22-13-11-21(12-14-22)25(30)26-16-24(29)32-18-23(28)27(19(2)3)17-20-9-7-6-8-10-20/h6-14,19H,4-5,15-18H2,1-3H3,(H,26,30). The molecule has 0 aliphatic carbocycles. The van der Waals surface area contributed by atoms with E-state index in [1.165, 1.54) is 0 Å². The fourth-order valence-electron chi connectivity index (χ4n) is 2.91. The monoisotopic (exact) mass is 440 g/mol. The van der Waals surface area contributed by atoms with Crippen LogP contribution in [0.3, 0.4) is 0 Å². The maximum absolute atomic E-state index is 12.5. The molecule has 32 heavy (non-hydrogen) atoms. The van der Waals surface area contributed by atoms with E-state index in [4.69, 9.17) is 9.47 Å². The lowest BCUT2D eigenvalue weighted by Crippen LogP contribution is -2.40. The molecule has 0 saturated carbocycles. The van der Waals surface area contributed by atoms with Crippen molar-refractivity contribution in [3.05, 3.63) is 65.7 Å². The third-order valence-corrected chi connectivity index (χ3v) is 4.77. The number of carbonyl (C=O) groups excluding carboxylic acids is 3. The third-order valence-electron chi connectivity index (χ3n) is 4.77. The van der Waals surface area contributed by atoms with Crippen LogP contribution in [0.4, 0.5) is 0 Å². The molecule has 2 aromatic carbocycles. The molecule has 172 valence electrons. The van der Waals surface area contributed by atoms with E-state index in [0.717, 1.165) is 18.4 Å². The number of ether oxygens (including phenoxy) is 2. The molecule has 0 fully saturated rings. The quantitative estimate of drug-likeness (QED) is 0.403. The first kappa shape index (κ1) is 24.9. The van der Waals surface area contributed by atoms with E-state index in [-0.39, 0.29) is 25.1 Å². The molecule has 1 N–H and O–H groups in total. The molecule has 0 atom stereocenters. The number of carbonyl (C=O) groups is 3. The highest BCUT2D eigenvalue weighted by atomic mass is 16.5. The van der Waals surface area contributed by atoms with Crippen LogP contribution >= 0.6 is 0 Å². The van der Waals surface area contributed by atoms with Gasteiger partial charge in [0, 0.05) is 18.2 Å². The lowest BCUT2D eigenvalue weighted by Gasteiger charge is -2.26. The van der Waals surface area contributed by atoms with Gasteiger partial charge < -0.3 is 19.7 Å². The maximum atomic E-state index is 12.5. The summed E-state index contributed by atoms with van der Waals surface area (Å²) in [7, 11) is 0. The molecule has 0 aliphatic rings. The van der Waals surface area contributed by atoms with Crippen LogP contribution in [-0.2, 0) is 20.9 Å². The van der Waals surface area contributed by atoms with Gasteiger partial charge in [0.25, 0.3) is 11.8 Å². The van der Waals surface area contributed by atoms with Gasteiger partial charge in [-0.1, -0.05) is 43.7 Å². The van der Waals surface area contributed by atoms with Crippen molar-refractivity contribution in [1.82, 2.24) is 10.2 Å². The van der Waals surface area contributed by atoms with E-state index in [2.05, 4.69) is 12.2 Å². The maximum Gasteiger partial charge on any atom is 0.325 e. The molecule has 0 aliphatic heterocycles. The molecule has 7 heteroatoms. The molecule has 0 bridgehead atoms. The molecule has 2 aromatic rings. The number of amides is 2. The summed E-state index contributed by atoms with van der Waals surface area (Å²) in [6, 6.07) is 16.3. The Morgan fingerprint density at radius 2 is 1.69 bits per heavy atom. The van der Waals surface area contributed by atoms with Gasteiger partial charge in [-0.25, -0.2) is 0 Å². The van der Waals surface area contributed by atoms with Gasteiger partial charge in [0.1, 0.15) is 12.3 Å². The highest BCUT2D eigenvalue weighted by molar-refractivity contribution is 5.96. The van der Waals surface area contributed by atoms with Gasteiger partial charge in [0.05, 0.1) is 6.61 Å². The van der Waals surface area contributed by atoms with Gasteiger partial charge in [-0.05, 0) is 50.1 Å². The van der Waals surface area contributed by atoms with Gasteiger partial charge in [-0.15, -0.1) is 0 Å². The summed E-state index contributed by atoms with van der Waals surface area (Å²) in [6.45, 7) is 6.27. The molecule has 0 unspecified atom stereocenters. The van der Waals surface area contributed by atoms with Crippen molar-refractivity contribution in [1.29, 1.82) is 0 Å². The van der Waals surface area contributed by atoms with Crippen molar-refractivity contribution in [2.75, 3.05) is 19.8 Å². The normalized spacial score (nSPS) is 10.5. The smallest absolute Gasteiger partial charge is 0.325 e. The highest BCUT2D eigenvalue weighted by Gasteiger charge is 2.19. The number of unbranched alkanes of at least 4 members (excludes halogenated alkanes) is 1. The summed E-state index contributed by atoms with van der Waals surface area (Å²) in [4.78, 5) is 38.4. The average Bonchev–Trinajstić information content (AvgIpc) is 2.80. The topological polar surface area (TPSA) is 84.9 Å². The highest BCUT2D eigenvalue weighted by Crippen LogP contribution is 2.13. The molecule has 2 amide bonds. The van der Waals surface area contributed by atoms with E-state index in [1.54, 1.807) is 29.2 Å². The molecule has 0 saturated heterocycles. The van der Waals surface area contributed by atoms with Gasteiger partial charge >= 0.3 is 5.97 Å². The van der Waals surface area contributed by atoms with Gasteiger partial charge in [0.2, 0.25) is 0 Å². The number of hydrogen-bond acceptors (Lipinski definition) is 5. The van der Waals surface area contributed by atoms with Crippen molar-refractivity contribution in [2.24, 2.45) is 0 Å². The Balaban J connectivity index is 1.76. The van der Waals surface area contributed by atoms with Crippen molar-refractivity contribution in [2.45, 2.75) is 46.2 Å². The van der Waals surface area contributed by atoms with Crippen LogP contribution in [0.2, 0.25) is 0 Å². The molecular formula is C25H32N2O5. The molecule has 0 heterocycles. The Hall–Kier alpha value is -3.35. The summed E-state index contributed by atoms with van der Waals surface area (Å²) in [6.07, 6.45) is 2.01. The number of benzene rings is 2. The number of nitrogens with one attached hydrogen (secondary N) is 1. The first-order chi connectivity index (χ1) is 15.4. The predicted octanol–water partition coefficient (Wildman–Crippen LogP) is 3.58. The second kappa shape index (κ2) is 13.1. The van der Waals surface area contributed by atoms with Gasteiger partial charge in [-0.2, -0.15) is 0 Å². The lowest BCUT2D eigenvalue weighted by molar-refractivity contribution is -0.152. The summed E-state index contributed by atoms with van der Waals surface area (Å²) >= 11 is 0. The molecule has 7 nitrogen and oxygen atoms in total. The van der Waals surface area contributed by atoms with Crippen LogP contribution < -0.4 is 10.1 Å². The Morgan fingerprint density at radius 3 is 2.31 bits per heavy atom. The van der Waals surface area contributed by atoms with Gasteiger partial charge in [-0.3, -0.25) is 14.4 Å². The van der Waals surface area contributed by atoms with Crippen LogP contribution in [0.1, 0.15) is 49.5 Å². The zero-order valence-corrected chi connectivity index (χ0v) is 19.0. The van der Waals surface area contributed by atoms with Crippen LogP contribution in [0, 0.1) is 0 Å². The van der Waals surface area contributed by atoms with Crippen LogP contribution in [0.5, 0.6) is 5.75 Å². The molecule has 0 spiro atoms. The minimum Gasteiger partial charge on any atom is -0.494 e. The average molecular weight is 441 g/mol. The summed E-state index contributed by atoms with van der Waals surface area (Å²) in [5.41, 5.74) is 1.40. The lowest BCUT2D eigenvalue weighted by atomic mass is 10.2. The second-order valence-electron chi connectivity index (χ2n) is 7.67. The number of esters is 1. The van der Waals surface area contributed by atoms with Crippen molar-refractivity contribution in [3.8, 4) is 5.75 Å². The van der Waals surface area contributed by atoms with E-state index in [0.29, 0.717) is 24.5 Å². The van der Waals surface area contributed by atoms with Crippen molar-refractivity contribution >= 4 is 17.8 Å². The molecule has 2 rings (SSSR count). The number of hydrogen-bond donors (Lipinski definition) is 1. The van der Waals surface area contributed by atoms with Crippen LogP contribution in [-0.4, -0.2) is 48.5 Å². The largest absolute Gasteiger partial charge is 0.494 e. The third kappa shape index (κ3) is 8.41. The Labute approximate surface area is 189 Å². The second-order valence-corrected chi connectivity index (χ2v) is 7.67. The number of rotatable bonds is 12. The SMILES string of the molecule is CCCCOc1ccc(C(=O)NCC(=O)OCC(=O)N(Cc2ccccc2)C(C)C)cc1. The Bertz CT molecular complexity index is 866. The Kier molecular flexibility index (Phi) is 10.2. The fourth-order valence-corrected chi connectivity index (χ4v) is 2.91. The summed E-state index contributed by atoms with van der Waals surface area (Å²) in [5, 5.41) is 2.51. The first-order valence-corrected chi connectivity index (χ1v) is 10.9. The van der Waals surface area contributed by atoms with E-state index in [1.807, 2.05) is 44.2 Å². The zero-order chi connectivity index (χ0) is 23.3. The minimum absolute atomic E-state index is 0.0463. The summed E-state index contributed by atoms with van der Waals surface area (Å²) < 4.78 is 10.6. The van der Waals surface area contributed by atoms with E-state index < -0.39 is 11.9 Å². The molecule has 0 aromatic heterocycles. The molecular weight excluding hydrogens is 408 g/mol. The Morgan fingerprint density at radius 1 is 1.00 bits per heavy atom. The van der Waals surface area contributed by atoms with E-state index in [9.17, 15) is 14.4 Å². The first-order valence-electron chi connectivity index (χ1n) is 10.9. The fraction of sp³-hybridized carbons (Fsp3) is 0.400. The molecule has 0 radical (unpaired) electrons. The van der Waals surface area contributed by atoms with Gasteiger partial charge in [0.15, 0.2) is 6.61 Å². The number of nitrogens with zero attached hydrogens (tertiary/aromatic N) is 1. The zero-order valence-electron chi connectivity index (χ0n) is 19.0. The predicted molar refractivity (Wildman–Crippen MR) is 122 cm³/mol. The van der Waals surface area contributed by atoms with Crippen LogP contribution in [0.25, 0.3) is 0 Å². The van der Waals surface area contributed by atoms with Crippen molar-refractivity contribution < 1.29 is 23.9 Å². The van der Waals surface area contributed by atoms with Crippen molar-refractivity contribution in [3.63, 3.8) is 0 Å².